The first-order valence-electron chi connectivity index (χ1n) is 5.94. The Hall–Kier alpha value is -2.04. The molecule has 0 radical (unpaired) electrons. The Morgan fingerprint density at radius 1 is 1.33 bits per heavy atom. The summed E-state index contributed by atoms with van der Waals surface area (Å²) >= 11 is 0. The largest absolute Gasteiger partial charge is 0.352 e. The predicted octanol–water partition coefficient (Wildman–Crippen LogP) is 1.43. The molecule has 2 N–H and O–H groups in total. The molecule has 1 heterocycles. The van der Waals surface area contributed by atoms with Crippen molar-refractivity contribution in [2.24, 2.45) is 0 Å². The smallest absolute Gasteiger partial charge is 0.322 e. The molecular weight excluding hydrogens is 230 g/mol. The van der Waals surface area contributed by atoms with Crippen LogP contribution in [-0.2, 0) is 4.79 Å². The average molecular weight is 247 g/mol. The Labute approximate surface area is 106 Å². The molecule has 3 amide bonds. The molecule has 1 aromatic rings. The van der Waals surface area contributed by atoms with Crippen LogP contribution in [0.4, 0.5) is 10.5 Å². The van der Waals surface area contributed by atoms with Crippen LogP contribution in [0.2, 0.25) is 0 Å². The summed E-state index contributed by atoms with van der Waals surface area (Å²) in [6.07, 6.45) is 0. The van der Waals surface area contributed by atoms with Crippen LogP contribution in [0.25, 0.3) is 0 Å². The number of amides is 3. The Morgan fingerprint density at radius 2 is 2.00 bits per heavy atom. The van der Waals surface area contributed by atoms with Crippen molar-refractivity contribution in [2.75, 3.05) is 18.4 Å². The van der Waals surface area contributed by atoms with E-state index < -0.39 is 5.54 Å². The summed E-state index contributed by atoms with van der Waals surface area (Å²) in [6.45, 7) is 4.49. The highest BCUT2D eigenvalue weighted by molar-refractivity contribution is 5.96. The highest BCUT2D eigenvalue weighted by Crippen LogP contribution is 2.19. The van der Waals surface area contributed by atoms with Gasteiger partial charge in [-0.3, -0.25) is 4.79 Å². The first kappa shape index (κ1) is 12.4. The average Bonchev–Trinajstić information content (AvgIpc) is 2.33. The van der Waals surface area contributed by atoms with Crippen molar-refractivity contribution >= 4 is 17.6 Å². The number of anilines is 1. The molecule has 1 saturated heterocycles. The van der Waals surface area contributed by atoms with Crippen LogP contribution in [-0.4, -0.2) is 35.5 Å². The lowest BCUT2D eigenvalue weighted by Crippen LogP contribution is -2.64. The molecule has 1 fully saturated rings. The Bertz CT molecular complexity index is 457. The maximum absolute atomic E-state index is 12.2. The van der Waals surface area contributed by atoms with Gasteiger partial charge in [0.05, 0.1) is 0 Å². The van der Waals surface area contributed by atoms with Gasteiger partial charge in [0.2, 0.25) is 5.91 Å². The van der Waals surface area contributed by atoms with Crippen molar-refractivity contribution in [1.82, 2.24) is 10.2 Å². The molecule has 0 bridgehead atoms. The molecule has 0 unspecified atom stereocenters. The van der Waals surface area contributed by atoms with Crippen LogP contribution in [0.3, 0.4) is 0 Å². The second-order valence-corrected chi connectivity index (χ2v) is 4.76. The van der Waals surface area contributed by atoms with Crippen molar-refractivity contribution in [2.45, 2.75) is 19.4 Å². The fourth-order valence-electron chi connectivity index (χ4n) is 1.97. The topological polar surface area (TPSA) is 61.4 Å². The van der Waals surface area contributed by atoms with Crippen molar-refractivity contribution in [3.63, 3.8) is 0 Å². The predicted molar refractivity (Wildman–Crippen MR) is 69.3 cm³/mol. The summed E-state index contributed by atoms with van der Waals surface area (Å²) in [6, 6.07) is 8.96. The van der Waals surface area contributed by atoms with Crippen LogP contribution in [0, 0.1) is 0 Å². The molecule has 0 atom stereocenters. The molecule has 0 aliphatic carbocycles. The number of carbonyl (C=O) groups is 2. The van der Waals surface area contributed by atoms with Crippen molar-refractivity contribution in [3.8, 4) is 0 Å². The standard InChI is InChI=1S/C13H17N3O2/c1-13(2)11(17)14-8-9-16(13)12(18)15-10-6-4-3-5-7-10/h3-7H,8-9H2,1-2H3,(H,14,17)(H,15,18). The molecular formula is C13H17N3O2. The van der Waals surface area contributed by atoms with Crippen LogP contribution in [0.5, 0.6) is 0 Å². The highest BCUT2D eigenvalue weighted by Gasteiger charge is 2.40. The second-order valence-electron chi connectivity index (χ2n) is 4.76. The summed E-state index contributed by atoms with van der Waals surface area (Å²) in [5, 5.41) is 5.56. The monoisotopic (exact) mass is 247 g/mol. The third-order valence-electron chi connectivity index (χ3n) is 3.12. The first-order valence-corrected chi connectivity index (χ1v) is 5.94. The molecule has 1 aromatic carbocycles. The summed E-state index contributed by atoms with van der Waals surface area (Å²) < 4.78 is 0. The lowest BCUT2D eigenvalue weighted by atomic mass is 9.99. The highest BCUT2D eigenvalue weighted by atomic mass is 16.2. The van der Waals surface area contributed by atoms with E-state index in [2.05, 4.69) is 10.6 Å². The zero-order valence-corrected chi connectivity index (χ0v) is 10.6. The van der Waals surface area contributed by atoms with Gasteiger partial charge in [-0.15, -0.1) is 0 Å². The molecule has 1 aliphatic heterocycles. The first-order chi connectivity index (χ1) is 8.51. The van der Waals surface area contributed by atoms with Crippen LogP contribution >= 0.6 is 0 Å². The number of hydrogen-bond acceptors (Lipinski definition) is 2. The SMILES string of the molecule is CC1(C)C(=O)NCCN1C(=O)Nc1ccccc1. The third kappa shape index (κ3) is 2.30. The number of nitrogens with zero attached hydrogens (tertiary/aromatic N) is 1. The lowest BCUT2D eigenvalue weighted by Gasteiger charge is -2.40. The van der Waals surface area contributed by atoms with Gasteiger partial charge in [-0.25, -0.2) is 4.79 Å². The van der Waals surface area contributed by atoms with E-state index in [0.717, 1.165) is 5.69 Å². The van der Waals surface area contributed by atoms with Crippen molar-refractivity contribution in [1.29, 1.82) is 0 Å². The number of nitrogens with one attached hydrogen (secondary N) is 2. The summed E-state index contributed by atoms with van der Waals surface area (Å²) in [5.41, 5.74) is -0.0961. The van der Waals surface area contributed by atoms with E-state index >= 15 is 0 Å². The zero-order chi connectivity index (χ0) is 13.2. The number of hydrogen-bond donors (Lipinski definition) is 2. The minimum atomic E-state index is -0.822. The van der Waals surface area contributed by atoms with E-state index in [1.807, 2.05) is 30.3 Å². The van der Waals surface area contributed by atoms with Gasteiger partial charge in [0, 0.05) is 18.8 Å². The van der Waals surface area contributed by atoms with Crippen molar-refractivity contribution in [3.05, 3.63) is 30.3 Å². The Morgan fingerprint density at radius 3 is 2.67 bits per heavy atom. The number of benzene rings is 1. The maximum Gasteiger partial charge on any atom is 0.322 e. The minimum absolute atomic E-state index is 0.128. The fraction of sp³-hybridized carbons (Fsp3) is 0.385. The third-order valence-corrected chi connectivity index (χ3v) is 3.12. The molecule has 5 heteroatoms. The van der Waals surface area contributed by atoms with E-state index in [0.29, 0.717) is 13.1 Å². The van der Waals surface area contributed by atoms with Gasteiger partial charge in [0.15, 0.2) is 0 Å². The molecule has 0 saturated carbocycles. The molecule has 1 aliphatic rings. The molecule has 96 valence electrons. The number of para-hydroxylation sites is 1. The molecule has 5 nitrogen and oxygen atoms in total. The number of carbonyl (C=O) groups excluding carboxylic acids is 2. The van der Waals surface area contributed by atoms with Crippen LogP contribution in [0.15, 0.2) is 30.3 Å². The van der Waals surface area contributed by atoms with Gasteiger partial charge in [0.25, 0.3) is 0 Å². The normalized spacial score (nSPS) is 18.1. The van der Waals surface area contributed by atoms with E-state index in [-0.39, 0.29) is 11.9 Å². The summed E-state index contributed by atoms with van der Waals surface area (Å²) in [5.74, 6) is -0.128. The Balaban J connectivity index is 2.11. The van der Waals surface area contributed by atoms with Gasteiger partial charge in [-0.2, -0.15) is 0 Å². The van der Waals surface area contributed by atoms with E-state index in [1.165, 1.54) is 0 Å². The molecule has 0 aromatic heterocycles. The fourth-order valence-corrected chi connectivity index (χ4v) is 1.97. The summed E-state index contributed by atoms with van der Waals surface area (Å²) in [4.78, 5) is 25.5. The number of rotatable bonds is 1. The summed E-state index contributed by atoms with van der Waals surface area (Å²) in [7, 11) is 0. The van der Waals surface area contributed by atoms with E-state index in [4.69, 9.17) is 0 Å². The van der Waals surface area contributed by atoms with Gasteiger partial charge in [-0.1, -0.05) is 18.2 Å². The van der Waals surface area contributed by atoms with Gasteiger partial charge >= 0.3 is 6.03 Å². The zero-order valence-electron chi connectivity index (χ0n) is 10.6. The van der Waals surface area contributed by atoms with Gasteiger partial charge in [0.1, 0.15) is 5.54 Å². The number of urea groups is 1. The van der Waals surface area contributed by atoms with Gasteiger partial charge in [-0.05, 0) is 26.0 Å². The minimum Gasteiger partial charge on any atom is -0.352 e. The number of piperazine rings is 1. The Kier molecular flexibility index (Phi) is 3.23. The molecule has 0 spiro atoms. The van der Waals surface area contributed by atoms with E-state index in [9.17, 15) is 9.59 Å². The molecule has 2 rings (SSSR count). The van der Waals surface area contributed by atoms with Crippen molar-refractivity contribution < 1.29 is 9.59 Å². The quantitative estimate of drug-likeness (QED) is 0.788. The van der Waals surface area contributed by atoms with Crippen LogP contribution in [0.1, 0.15) is 13.8 Å². The second kappa shape index (κ2) is 4.68. The van der Waals surface area contributed by atoms with Crippen LogP contribution < -0.4 is 10.6 Å². The van der Waals surface area contributed by atoms with E-state index in [1.54, 1.807) is 18.7 Å². The van der Waals surface area contributed by atoms with Gasteiger partial charge < -0.3 is 15.5 Å². The lowest BCUT2D eigenvalue weighted by molar-refractivity contribution is -0.132. The molecule has 18 heavy (non-hydrogen) atoms. The maximum atomic E-state index is 12.2.